The third-order valence-electron chi connectivity index (χ3n) is 4.46. The summed E-state index contributed by atoms with van der Waals surface area (Å²) in [6, 6.07) is 0.582. The van der Waals surface area contributed by atoms with Crippen molar-refractivity contribution < 1.29 is 9.90 Å². The quantitative estimate of drug-likeness (QED) is 0.466. The molecule has 4 unspecified atom stereocenters. The van der Waals surface area contributed by atoms with Gasteiger partial charge in [-0.1, -0.05) is 51.8 Å². The fourth-order valence-corrected chi connectivity index (χ4v) is 2.90. The molecule has 0 aromatic carbocycles. The summed E-state index contributed by atoms with van der Waals surface area (Å²) in [5, 5.41) is 13.9. The van der Waals surface area contributed by atoms with Crippen LogP contribution in [0, 0.1) is 11.8 Å². The first kappa shape index (κ1) is 22.2. The lowest BCUT2D eigenvalue weighted by Gasteiger charge is -2.26. The summed E-state index contributed by atoms with van der Waals surface area (Å²) in [6.45, 7) is 17.7. The maximum Gasteiger partial charge on any atom is 0.223 e. The first-order valence-electron chi connectivity index (χ1n) is 8.64. The van der Waals surface area contributed by atoms with Crippen molar-refractivity contribution in [1.29, 1.82) is 0 Å². The van der Waals surface area contributed by atoms with E-state index in [4.69, 9.17) is 5.11 Å². The van der Waals surface area contributed by atoms with Crippen molar-refractivity contribution in [3.8, 4) is 0 Å². The topological polar surface area (TPSA) is 61.4 Å². The summed E-state index contributed by atoms with van der Waals surface area (Å²) in [7, 11) is 0. The Bertz CT molecular complexity index is 437. The van der Waals surface area contributed by atoms with Gasteiger partial charge in [0.2, 0.25) is 5.91 Å². The molecule has 4 heteroatoms. The minimum Gasteiger partial charge on any atom is -0.516 e. The molecule has 0 aliphatic carbocycles. The largest absolute Gasteiger partial charge is 0.516 e. The Morgan fingerprint density at radius 2 is 1.96 bits per heavy atom. The van der Waals surface area contributed by atoms with Gasteiger partial charge in [0.15, 0.2) is 0 Å². The van der Waals surface area contributed by atoms with Gasteiger partial charge in [0.05, 0.1) is 6.26 Å². The zero-order valence-electron chi connectivity index (χ0n) is 15.4. The summed E-state index contributed by atoms with van der Waals surface area (Å²) >= 11 is 0. The molecular weight excluding hydrogens is 300 g/mol. The van der Waals surface area contributed by atoms with Crippen LogP contribution in [0.1, 0.15) is 40.0 Å². The number of hydrogen-bond donors (Lipinski definition) is 3. The lowest BCUT2D eigenvalue weighted by Crippen LogP contribution is -2.43. The van der Waals surface area contributed by atoms with Crippen molar-refractivity contribution in [2.24, 2.45) is 11.8 Å². The van der Waals surface area contributed by atoms with E-state index in [1.165, 1.54) is 12.8 Å². The van der Waals surface area contributed by atoms with Gasteiger partial charge in [-0.05, 0) is 44.2 Å². The van der Waals surface area contributed by atoms with Gasteiger partial charge in [-0.15, -0.1) is 0 Å². The van der Waals surface area contributed by atoms with E-state index in [-0.39, 0.29) is 17.9 Å². The second-order valence-corrected chi connectivity index (χ2v) is 6.33. The monoisotopic (exact) mass is 334 g/mol. The lowest BCUT2D eigenvalue weighted by atomic mass is 9.87. The Kier molecular flexibility index (Phi) is 11.6. The molecule has 4 atom stereocenters. The number of aliphatic hydroxyl groups is 1. The Labute approximate surface area is 147 Å². The van der Waals surface area contributed by atoms with Gasteiger partial charge in [0, 0.05) is 18.0 Å². The molecule has 1 amide bonds. The van der Waals surface area contributed by atoms with Crippen molar-refractivity contribution in [2.75, 3.05) is 6.54 Å². The number of aliphatic hydroxyl groups excluding tert-OH is 1. The smallest absolute Gasteiger partial charge is 0.223 e. The van der Waals surface area contributed by atoms with E-state index in [0.29, 0.717) is 12.0 Å². The van der Waals surface area contributed by atoms with E-state index in [2.05, 4.69) is 37.3 Å². The van der Waals surface area contributed by atoms with Gasteiger partial charge in [0.1, 0.15) is 0 Å². The standard InChI is InChI=1S/C18H30N2O.C2H4O/c1-6-9-16(7-2)12-13(3)20-18(21)15(5)14(4)17-10-8-11-19-17;1-2-3/h6-7,9,13-15,17,19H,1-2,8,10-12H2,3-5H3,(H,20,21);2-3H,1H2/b16-9+;. The van der Waals surface area contributed by atoms with Gasteiger partial charge in [-0.2, -0.15) is 0 Å². The lowest BCUT2D eigenvalue weighted by molar-refractivity contribution is -0.126. The zero-order valence-corrected chi connectivity index (χ0v) is 15.4. The summed E-state index contributed by atoms with van der Waals surface area (Å²) < 4.78 is 0. The molecule has 1 fully saturated rings. The molecule has 1 aliphatic heterocycles. The molecule has 1 rings (SSSR count). The highest BCUT2D eigenvalue weighted by molar-refractivity contribution is 5.79. The number of amides is 1. The summed E-state index contributed by atoms with van der Waals surface area (Å²) in [4.78, 5) is 12.4. The van der Waals surface area contributed by atoms with Gasteiger partial charge in [-0.3, -0.25) is 4.79 Å². The molecule has 0 bridgehead atoms. The van der Waals surface area contributed by atoms with Crippen LogP contribution in [-0.4, -0.2) is 29.6 Å². The average Bonchev–Trinajstić information content (AvgIpc) is 3.08. The van der Waals surface area contributed by atoms with Gasteiger partial charge in [0.25, 0.3) is 0 Å². The first-order chi connectivity index (χ1) is 11.4. The maximum absolute atomic E-state index is 12.4. The molecule has 136 valence electrons. The molecule has 0 radical (unpaired) electrons. The molecular formula is C20H34N2O2. The van der Waals surface area contributed by atoms with Crippen LogP contribution in [-0.2, 0) is 4.79 Å². The van der Waals surface area contributed by atoms with E-state index in [0.717, 1.165) is 24.8 Å². The molecule has 0 saturated carbocycles. The molecule has 1 heterocycles. The minimum atomic E-state index is 0.0265. The maximum atomic E-state index is 12.4. The fourth-order valence-electron chi connectivity index (χ4n) is 2.90. The Hall–Kier alpha value is -1.81. The Balaban J connectivity index is 0.00000163. The molecule has 0 aromatic rings. The number of carbonyl (C=O) groups excluding carboxylic acids is 1. The summed E-state index contributed by atoms with van der Waals surface area (Å²) in [5.41, 5.74) is 1.09. The zero-order chi connectivity index (χ0) is 18.5. The predicted molar refractivity (Wildman–Crippen MR) is 103 cm³/mol. The SMILES string of the molecule is C=C/C=C(\C=C)CC(C)NC(=O)C(C)C(C)C1CCCN1.C=CO. The summed E-state index contributed by atoms with van der Waals surface area (Å²) in [5.74, 6) is 0.534. The van der Waals surface area contributed by atoms with Crippen LogP contribution >= 0.6 is 0 Å². The van der Waals surface area contributed by atoms with Crippen LogP contribution in [0.5, 0.6) is 0 Å². The molecule has 1 saturated heterocycles. The number of allylic oxidation sites excluding steroid dienone is 3. The van der Waals surface area contributed by atoms with Crippen LogP contribution in [0.25, 0.3) is 0 Å². The summed E-state index contributed by atoms with van der Waals surface area (Å²) in [6.07, 6.45) is 9.43. The first-order valence-corrected chi connectivity index (χ1v) is 8.64. The van der Waals surface area contributed by atoms with Crippen LogP contribution in [0.2, 0.25) is 0 Å². The average molecular weight is 335 g/mol. The van der Waals surface area contributed by atoms with E-state index >= 15 is 0 Å². The van der Waals surface area contributed by atoms with Crippen molar-refractivity contribution in [1.82, 2.24) is 10.6 Å². The Morgan fingerprint density at radius 1 is 1.33 bits per heavy atom. The van der Waals surface area contributed by atoms with E-state index in [9.17, 15) is 4.79 Å². The highest BCUT2D eigenvalue weighted by Crippen LogP contribution is 2.22. The molecule has 1 aliphatic rings. The van der Waals surface area contributed by atoms with Crippen LogP contribution in [0.15, 0.2) is 49.8 Å². The Morgan fingerprint density at radius 3 is 2.42 bits per heavy atom. The van der Waals surface area contributed by atoms with E-state index in [1.54, 1.807) is 6.08 Å². The van der Waals surface area contributed by atoms with Crippen molar-refractivity contribution in [3.63, 3.8) is 0 Å². The van der Waals surface area contributed by atoms with Crippen molar-refractivity contribution >= 4 is 5.91 Å². The molecule has 0 spiro atoms. The van der Waals surface area contributed by atoms with E-state index in [1.807, 2.05) is 26.0 Å². The van der Waals surface area contributed by atoms with Crippen LogP contribution in [0.3, 0.4) is 0 Å². The minimum absolute atomic E-state index is 0.0265. The predicted octanol–water partition coefficient (Wildman–Crippen LogP) is 3.89. The number of hydrogen-bond acceptors (Lipinski definition) is 3. The van der Waals surface area contributed by atoms with Gasteiger partial charge >= 0.3 is 0 Å². The second-order valence-electron chi connectivity index (χ2n) is 6.33. The van der Waals surface area contributed by atoms with Crippen LogP contribution < -0.4 is 10.6 Å². The normalized spacial score (nSPS) is 20.8. The van der Waals surface area contributed by atoms with Gasteiger partial charge in [-0.25, -0.2) is 0 Å². The third-order valence-corrected chi connectivity index (χ3v) is 4.46. The number of carbonyl (C=O) groups is 1. The number of nitrogens with one attached hydrogen (secondary N) is 2. The highest BCUT2D eigenvalue weighted by Gasteiger charge is 2.29. The van der Waals surface area contributed by atoms with Crippen LogP contribution in [0.4, 0.5) is 0 Å². The number of rotatable bonds is 8. The molecule has 4 nitrogen and oxygen atoms in total. The molecule has 24 heavy (non-hydrogen) atoms. The van der Waals surface area contributed by atoms with Gasteiger partial charge < -0.3 is 15.7 Å². The van der Waals surface area contributed by atoms with E-state index < -0.39 is 0 Å². The second kappa shape index (κ2) is 12.6. The third kappa shape index (κ3) is 8.16. The van der Waals surface area contributed by atoms with Crippen molar-refractivity contribution in [2.45, 2.75) is 52.1 Å². The molecule has 0 aromatic heterocycles. The fraction of sp³-hybridized carbons (Fsp3) is 0.550. The van der Waals surface area contributed by atoms with Crippen molar-refractivity contribution in [3.05, 3.63) is 49.8 Å². The highest BCUT2D eigenvalue weighted by atomic mass is 16.2. The molecule has 3 N–H and O–H groups in total.